The van der Waals surface area contributed by atoms with Crippen LogP contribution in [0.2, 0.25) is 0 Å². The molecule has 0 bridgehead atoms. The summed E-state index contributed by atoms with van der Waals surface area (Å²) >= 11 is 0. The average molecular weight is 238 g/mol. The van der Waals surface area contributed by atoms with Crippen LogP contribution in [0.5, 0.6) is 5.75 Å². The van der Waals surface area contributed by atoms with E-state index in [-0.39, 0.29) is 23.8 Å². The summed E-state index contributed by atoms with van der Waals surface area (Å²) in [5.41, 5.74) is 0.259. The molecule has 0 atom stereocenters. The summed E-state index contributed by atoms with van der Waals surface area (Å²) in [5, 5.41) is 10.7. The monoisotopic (exact) mass is 238 g/mol. The normalized spacial score (nSPS) is 10.4. The zero-order valence-electron chi connectivity index (χ0n) is 9.97. The van der Waals surface area contributed by atoms with Crippen molar-refractivity contribution in [3.05, 3.63) is 33.9 Å². The zero-order valence-corrected chi connectivity index (χ0v) is 9.97. The molecule has 0 radical (unpaired) electrons. The fourth-order valence-electron chi connectivity index (χ4n) is 1.38. The number of ketones is 1. The second-order valence-corrected chi connectivity index (χ2v) is 3.80. The van der Waals surface area contributed by atoms with Crippen LogP contribution >= 0.6 is 0 Å². The summed E-state index contributed by atoms with van der Waals surface area (Å²) in [5.74, 6) is -0.0113. The maximum atomic E-state index is 11.7. The molecular formula is C11H14N2O4. The lowest BCUT2D eigenvalue weighted by Crippen LogP contribution is -2.21. The van der Waals surface area contributed by atoms with Gasteiger partial charge in [0, 0.05) is 11.6 Å². The molecule has 6 heteroatoms. The summed E-state index contributed by atoms with van der Waals surface area (Å²) < 4.78 is 4.89. The summed E-state index contributed by atoms with van der Waals surface area (Å²) in [6.07, 6.45) is 0. The highest BCUT2D eigenvalue weighted by molar-refractivity contribution is 5.98. The standard InChI is InChI=1S/C11H14N2O4/c1-12(2)7-10(14)8-4-5-9(13(15)16)11(6-8)17-3/h4-6H,7H2,1-3H3. The van der Waals surface area contributed by atoms with Gasteiger partial charge in [0.1, 0.15) is 0 Å². The first-order valence-electron chi connectivity index (χ1n) is 4.96. The molecule has 0 aliphatic heterocycles. The summed E-state index contributed by atoms with van der Waals surface area (Å²) in [6.45, 7) is 0.251. The molecule has 0 spiro atoms. The van der Waals surface area contributed by atoms with Gasteiger partial charge < -0.3 is 9.64 Å². The Morgan fingerprint density at radius 3 is 2.59 bits per heavy atom. The Hall–Kier alpha value is -1.95. The SMILES string of the molecule is COc1cc(C(=O)CN(C)C)ccc1[N+](=O)[O-]. The number of carbonyl (C=O) groups excluding carboxylic acids is 1. The summed E-state index contributed by atoms with van der Waals surface area (Å²) in [4.78, 5) is 23.6. The lowest BCUT2D eigenvalue weighted by Gasteiger charge is -2.09. The molecule has 0 aromatic heterocycles. The topological polar surface area (TPSA) is 72.7 Å². The number of nitro benzene ring substituents is 1. The van der Waals surface area contributed by atoms with Gasteiger partial charge in [-0.1, -0.05) is 0 Å². The van der Waals surface area contributed by atoms with Crippen LogP contribution < -0.4 is 4.74 Å². The number of methoxy groups -OCH3 is 1. The van der Waals surface area contributed by atoms with Gasteiger partial charge in [-0.3, -0.25) is 14.9 Å². The van der Waals surface area contributed by atoms with Crippen molar-refractivity contribution in [2.75, 3.05) is 27.7 Å². The van der Waals surface area contributed by atoms with Crippen molar-refractivity contribution in [3.8, 4) is 5.75 Å². The lowest BCUT2D eigenvalue weighted by atomic mass is 10.1. The first-order chi connectivity index (χ1) is 7.95. The van der Waals surface area contributed by atoms with E-state index in [4.69, 9.17) is 4.74 Å². The number of hydrogen-bond donors (Lipinski definition) is 0. The average Bonchev–Trinajstić information content (AvgIpc) is 2.27. The molecule has 0 saturated carbocycles. The molecule has 17 heavy (non-hydrogen) atoms. The van der Waals surface area contributed by atoms with Crippen molar-refractivity contribution in [1.82, 2.24) is 4.90 Å². The van der Waals surface area contributed by atoms with Crippen LogP contribution in [0.3, 0.4) is 0 Å². The first kappa shape index (κ1) is 13.1. The quantitative estimate of drug-likeness (QED) is 0.440. The number of carbonyl (C=O) groups is 1. The first-order valence-corrected chi connectivity index (χ1v) is 4.96. The van der Waals surface area contributed by atoms with E-state index in [1.165, 1.54) is 25.3 Å². The number of ether oxygens (including phenoxy) is 1. The van der Waals surface area contributed by atoms with Crippen molar-refractivity contribution in [1.29, 1.82) is 0 Å². The molecule has 1 aromatic rings. The summed E-state index contributed by atoms with van der Waals surface area (Å²) in [7, 11) is 4.89. The Balaban J connectivity index is 3.05. The molecule has 0 heterocycles. The zero-order chi connectivity index (χ0) is 13.0. The smallest absolute Gasteiger partial charge is 0.310 e. The third-order valence-corrected chi connectivity index (χ3v) is 2.16. The van der Waals surface area contributed by atoms with E-state index in [2.05, 4.69) is 0 Å². The number of likely N-dealkylation sites (N-methyl/N-ethyl adjacent to an activating group) is 1. The van der Waals surface area contributed by atoms with Crippen LogP contribution in [0.1, 0.15) is 10.4 Å². The second-order valence-electron chi connectivity index (χ2n) is 3.80. The van der Waals surface area contributed by atoms with Gasteiger partial charge in [-0.2, -0.15) is 0 Å². The minimum absolute atomic E-state index is 0.0969. The number of nitro groups is 1. The van der Waals surface area contributed by atoms with E-state index >= 15 is 0 Å². The highest BCUT2D eigenvalue weighted by Gasteiger charge is 2.17. The van der Waals surface area contributed by atoms with Gasteiger partial charge in [0.05, 0.1) is 18.6 Å². The van der Waals surface area contributed by atoms with Gasteiger partial charge >= 0.3 is 5.69 Å². The molecule has 92 valence electrons. The molecule has 0 unspecified atom stereocenters. The minimum Gasteiger partial charge on any atom is -0.490 e. The molecular weight excluding hydrogens is 224 g/mol. The van der Waals surface area contributed by atoms with E-state index in [9.17, 15) is 14.9 Å². The van der Waals surface area contributed by atoms with E-state index in [1.807, 2.05) is 0 Å². The van der Waals surface area contributed by atoms with Crippen molar-refractivity contribution in [2.24, 2.45) is 0 Å². The van der Waals surface area contributed by atoms with Gasteiger partial charge in [0.25, 0.3) is 0 Å². The molecule has 0 fully saturated rings. The number of rotatable bonds is 5. The fourth-order valence-corrected chi connectivity index (χ4v) is 1.38. The number of benzene rings is 1. The fraction of sp³-hybridized carbons (Fsp3) is 0.364. The molecule has 0 amide bonds. The Bertz CT molecular complexity index is 443. The summed E-state index contributed by atoms with van der Waals surface area (Å²) in [6, 6.07) is 4.11. The van der Waals surface area contributed by atoms with E-state index in [0.717, 1.165) is 0 Å². The lowest BCUT2D eigenvalue weighted by molar-refractivity contribution is -0.385. The Kier molecular flexibility index (Phi) is 4.17. The van der Waals surface area contributed by atoms with Crippen molar-refractivity contribution in [3.63, 3.8) is 0 Å². The Labute approximate surface area is 98.9 Å². The largest absolute Gasteiger partial charge is 0.490 e. The number of hydrogen-bond acceptors (Lipinski definition) is 5. The predicted molar refractivity (Wildman–Crippen MR) is 62.5 cm³/mol. The minimum atomic E-state index is -0.543. The second kappa shape index (κ2) is 5.40. The van der Waals surface area contributed by atoms with Crippen LogP contribution in [0.4, 0.5) is 5.69 Å². The Morgan fingerprint density at radius 1 is 1.47 bits per heavy atom. The van der Waals surface area contributed by atoms with Crippen LogP contribution in [0.25, 0.3) is 0 Å². The number of Topliss-reactive ketones (excluding diaryl/α,β-unsaturated/α-hetero) is 1. The molecule has 1 rings (SSSR count). The van der Waals surface area contributed by atoms with Crippen molar-refractivity contribution >= 4 is 11.5 Å². The van der Waals surface area contributed by atoms with Crippen molar-refractivity contribution in [2.45, 2.75) is 0 Å². The van der Waals surface area contributed by atoms with Gasteiger partial charge in [-0.25, -0.2) is 0 Å². The third-order valence-electron chi connectivity index (χ3n) is 2.16. The predicted octanol–water partition coefficient (Wildman–Crippen LogP) is 1.35. The van der Waals surface area contributed by atoms with Gasteiger partial charge in [-0.15, -0.1) is 0 Å². The van der Waals surface area contributed by atoms with Gasteiger partial charge in [-0.05, 0) is 26.2 Å². The molecule has 0 N–H and O–H groups in total. The molecule has 0 saturated heterocycles. The van der Waals surface area contributed by atoms with Gasteiger partial charge in [0.2, 0.25) is 0 Å². The molecule has 6 nitrogen and oxygen atoms in total. The van der Waals surface area contributed by atoms with Crippen molar-refractivity contribution < 1.29 is 14.5 Å². The van der Waals surface area contributed by atoms with E-state index in [0.29, 0.717) is 5.56 Å². The molecule has 0 aliphatic rings. The van der Waals surface area contributed by atoms with Crippen LogP contribution in [-0.4, -0.2) is 43.4 Å². The third kappa shape index (κ3) is 3.25. The highest BCUT2D eigenvalue weighted by Crippen LogP contribution is 2.27. The molecule has 0 aliphatic carbocycles. The van der Waals surface area contributed by atoms with Crippen LogP contribution in [0, 0.1) is 10.1 Å². The maximum Gasteiger partial charge on any atom is 0.310 e. The highest BCUT2D eigenvalue weighted by atomic mass is 16.6. The van der Waals surface area contributed by atoms with Crippen LogP contribution in [-0.2, 0) is 0 Å². The maximum absolute atomic E-state index is 11.7. The molecule has 1 aromatic carbocycles. The van der Waals surface area contributed by atoms with E-state index in [1.54, 1.807) is 19.0 Å². The van der Waals surface area contributed by atoms with Gasteiger partial charge in [0.15, 0.2) is 11.5 Å². The number of nitrogens with zero attached hydrogens (tertiary/aromatic N) is 2. The van der Waals surface area contributed by atoms with Crippen LogP contribution in [0.15, 0.2) is 18.2 Å². The Morgan fingerprint density at radius 2 is 2.12 bits per heavy atom. The van der Waals surface area contributed by atoms with E-state index < -0.39 is 4.92 Å².